The highest BCUT2D eigenvalue weighted by Gasteiger charge is 2.26. The maximum absolute atomic E-state index is 11.8. The van der Waals surface area contributed by atoms with Gasteiger partial charge in [0.15, 0.2) is 0 Å². The van der Waals surface area contributed by atoms with Crippen molar-refractivity contribution in [3.8, 4) is 0 Å². The first kappa shape index (κ1) is 13.1. The van der Waals surface area contributed by atoms with Crippen LogP contribution < -0.4 is 0 Å². The molecule has 0 saturated carbocycles. The van der Waals surface area contributed by atoms with Crippen molar-refractivity contribution in [2.45, 2.75) is 24.3 Å². The van der Waals surface area contributed by atoms with Crippen LogP contribution in [0.3, 0.4) is 0 Å². The number of nitrogens with zero attached hydrogens (tertiary/aromatic N) is 4. The zero-order valence-corrected chi connectivity index (χ0v) is 11.8. The number of rotatable bonds is 4. The summed E-state index contributed by atoms with van der Waals surface area (Å²) in [5, 5.41) is 11.2. The molecular formula is C13H14N4O2S. The van der Waals surface area contributed by atoms with Gasteiger partial charge in [-0.2, -0.15) is 0 Å². The van der Waals surface area contributed by atoms with Crippen molar-refractivity contribution in [2.75, 3.05) is 12.4 Å². The molecule has 1 unspecified atom stereocenters. The van der Waals surface area contributed by atoms with Gasteiger partial charge in [0.05, 0.1) is 13.2 Å². The molecule has 0 aliphatic carbocycles. The molecule has 6 nitrogen and oxygen atoms in total. The molecule has 0 amide bonds. The molecule has 0 N–H and O–H groups in total. The Hall–Kier alpha value is -1.89. The van der Waals surface area contributed by atoms with Crippen molar-refractivity contribution in [2.24, 2.45) is 0 Å². The maximum Gasteiger partial charge on any atom is 0.378 e. The highest BCUT2D eigenvalue weighted by Crippen LogP contribution is 2.39. The average molecular weight is 290 g/mol. The lowest BCUT2D eigenvalue weighted by atomic mass is 10.0. The molecule has 0 bridgehead atoms. The van der Waals surface area contributed by atoms with Crippen LogP contribution >= 0.6 is 11.8 Å². The predicted octanol–water partition coefficient (Wildman–Crippen LogP) is 1.74. The summed E-state index contributed by atoms with van der Waals surface area (Å²) in [6, 6.07) is 8.30. The average Bonchev–Trinajstić information content (AvgIpc) is 3.07. The Labute approximate surface area is 120 Å². The van der Waals surface area contributed by atoms with Gasteiger partial charge in [0.2, 0.25) is 0 Å². The summed E-state index contributed by atoms with van der Waals surface area (Å²) in [4.78, 5) is 13.0. The van der Waals surface area contributed by atoms with E-state index in [1.165, 1.54) is 15.1 Å². The van der Waals surface area contributed by atoms with Gasteiger partial charge in [-0.1, -0.05) is 18.2 Å². The molecular weight excluding hydrogens is 276 g/mol. The lowest BCUT2D eigenvalue weighted by Crippen LogP contribution is -2.18. The molecule has 2 heterocycles. The van der Waals surface area contributed by atoms with Crippen LogP contribution in [0.4, 0.5) is 0 Å². The van der Waals surface area contributed by atoms with E-state index >= 15 is 0 Å². The third-order valence-electron chi connectivity index (χ3n) is 3.18. The molecule has 1 aliphatic heterocycles. The lowest BCUT2D eigenvalue weighted by molar-refractivity contribution is 0.0504. The largest absolute Gasteiger partial charge is 0.460 e. The first-order valence-electron chi connectivity index (χ1n) is 6.44. The van der Waals surface area contributed by atoms with E-state index in [2.05, 4.69) is 27.7 Å². The molecule has 104 valence electrons. The number of carbonyl (C=O) groups excluding carboxylic acids is 1. The molecule has 1 aromatic carbocycles. The molecule has 1 aromatic heterocycles. The fourth-order valence-electron chi connectivity index (χ4n) is 2.26. The molecule has 0 saturated heterocycles. The van der Waals surface area contributed by atoms with Crippen LogP contribution in [0.2, 0.25) is 0 Å². The second-order valence-corrected chi connectivity index (χ2v) is 5.51. The van der Waals surface area contributed by atoms with Crippen molar-refractivity contribution < 1.29 is 9.53 Å². The Morgan fingerprint density at radius 1 is 1.50 bits per heavy atom. The Morgan fingerprint density at radius 2 is 2.35 bits per heavy atom. The third kappa shape index (κ3) is 2.40. The van der Waals surface area contributed by atoms with E-state index in [9.17, 15) is 4.79 Å². The van der Waals surface area contributed by atoms with Gasteiger partial charge >= 0.3 is 5.97 Å². The van der Waals surface area contributed by atoms with Gasteiger partial charge in [0.1, 0.15) is 0 Å². The number of ether oxygens (including phenoxy) is 1. The number of carbonyl (C=O) groups is 1. The van der Waals surface area contributed by atoms with E-state index in [1.54, 1.807) is 6.92 Å². The van der Waals surface area contributed by atoms with Crippen LogP contribution in [0.25, 0.3) is 0 Å². The van der Waals surface area contributed by atoms with E-state index in [0.717, 1.165) is 5.75 Å². The number of hydrogen-bond donors (Lipinski definition) is 0. The predicted molar refractivity (Wildman–Crippen MR) is 73.7 cm³/mol. The fourth-order valence-corrected chi connectivity index (χ4v) is 3.50. The molecule has 0 radical (unpaired) electrons. The summed E-state index contributed by atoms with van der Waals surface area (Å²) in [5.74, 6) is 0.979. The van der Waals surface area contributed by atoms with Crippen LogP contribution in [0.15, 0.2) is 29.2 Å². The number of aromatic nitrogens is 4. The van der Waals surface area contributed by atoms with Gasteiger partial charge in [-0.3, -0.25) is 0 Å². The SMILES string of the molecule is CCOC(=O)c1nnnn1CC1CSc2ccccc21. The van der Waals surface area contributed by atoms with Crippen molar-refractivity contribution in [1.29, 1.82) is 0 Å². The van der Waals surface area contributed by atoms with E-state index in [0.29, 0.717) is 19.1 Å². The van der Waals surface area contributed by atoms with Crippen LogP contribution in [0, 0.1) is 0 Å². The molecule has 0 fully saturated rings. The Morgan fingerprint density at radius 3 is 3.20 bits per heavy atom. The minimum absolute atomic E-state index is 0.168. The van der Waals surface area contributed by atoms with Gasteiger partial charge in [-0.25, -0.2) is 9.48 Å². The highest BCUT2D eigenvalue weighted by atomic mass is 32.2. The molecule has 1 aliphatic rings. The van der Waals surface area contributed by atoms with Crippen molar-refractivity contribution in [3.05, 3.63) is 35.7 Å². The minimum atomic E-state index is -0.476. The Kier molecular flexibility index (Phi) is 3.68. The molecule has 7 heteroatoms. The van der Waals surface area contributed by atoms with E-state index < -0.39 is 5.97 Å². The van der Waals surface area contributed by atoms with Gasteiger partial charge < -0.3 is 4.74 Å². The molecule has 3 rings (SSSR count). The monoisotopic (exact) mass is 290 g/mol. The van der Waals surface area contributed by atoms with Crippen molar-refractivity contribution in [3.63, 3.8) is 0 Å². The molecule has 1 atom stereocenters. The number of hydrogen-bond acceptors (Lipinski definition) is 6. The zero-order valence-electron chi connectivity index (χ0n) is 11.0. The normalized spacial score (nSPS) is 16.9. The summed E-state index contributed by atoms with van der Waals surface area (Å²) in [7, 11) is 0. The number of fused-ring (bicyclic) bond motifs is 1. The smallest absolute Gasteiger partial charge is 0.378 e. The molecule has 20 heavy (non-hydrogen) atoms. The second kappa shape index (κ2) is 5.62. The number of esters is 1. The number of thioether (sulfide) groups is 1. The standard InChI is InChI=1S/C13H14N4O2S/c1-2-19-13(18)12-14-15-16-17(12)7-9-8-20-11-6-4-3-5-10(9)11/h3-6,9H,2,7-8H2,1H3. The Bertz CT molecular complexity index is 628. The van der Waals surface area contributed by atoms with Crippen molar-refractivity contribution >= 4 is 17.7 Å². The van der Waals surface area contributed by atoms with Gasteiger partial charge in [-0.05, 0) is 29.0 Å². The molecule has 0 spiro atoms. The van der Waals surface area contributed by atoms with Crippen LogP contribution in [0.1, 0.15) is 29.0 Å². The van der Waals surface area contributed by atoms with E-state index in [4.69, 9.17) is 4.74 Å². The quantitative estimate of drug-likeness (QED) is 0.799. The second-order valence-electron chi connectivity index (χ2n) is 4.45. The highest BCUT2D eigenvalue weighted by molar-refractivity contribution is 7.99. The van der Waals surface area contributed by atoms with E-state index in [1.807, 2.05) is 23.9 Å². The van der Waals surface area contributed by atoms with Crippen LogP contribution in [0.5, 0.6) is 0 Å². The first-order valence-corrected chi connectivity index (χ1v) is 7.43. The third-order valence-corrected chi connectivity index (χ3v) is 4.43. The summed E-state index contributed by atoms with van der Waals surface area (Å²) in [5.41, 5.74) is 1.29. The fraction of sp³-hybridized carbons (Fsp3) is 0.385. The van der Waals surface area contributed by atoms with Crippen LogP contribution in [-0.2, 0) is 11.3 Å². The summed E-state index contributed by atoms with van der Waals surface area (Å²) < 4.78 is 6.49. The Balaban J connectivity index is 1.80. The summed E-state index contributed by atoms with van der Waals surface area (Å²) >= 11 is 1.82. The summed E-state index contributed by atoms with van der Waals surface area (Å²) in [6.45, 7) is 2.66. The molecule has 2 aromatic rings. The van der Waals surface area contributed by atoms with Crippen molar-refractivity contribution in [1.82, 2.24) is 20.2 Å². The number of benzene rings is 1. The van der Waals surface area contributed by atoms with Crippen LogP contribution in [-0.4, -0.2) is 38.5 Å². The number of tetrazole rings is 1. The zero-order chi connectivity index (χ0) is 13.9. The minimum Gasteiger partial charge on any atom is -0.460 e. The van der Waals surface area contributed by atoms with Gasteiger partial charge in [-0.15, -0.1) is 16.9 Å². The topological polar surface area (TPSA) is 69.9 Å². The maximum atomic E-state index is 11.8. The van der Waals surface area contributed by atoms with E-state index in [-0.39, 0.29) is 5.82 Å². The van der Waals surface area contributed by atoms with Gasteiger partial charge in [0.25, 0.3) is 5.82 Å². The summed E-state index contributed by atoms with van der Waals surface area (Å²) in [6.07, 6.45) is 0. The van der Waals surface area contributed by atoms with Gasteiger partial charge in [0, 0.05) is 16.6 Å². The lowest BCUT2D eigenvalue weighted by Gasteiger charge is -2.11. The first-order chi connectivity index (χ1) is 9.79.